The van der Waals surface area contributed by atoms with Gasteiger partial charge in [-0.25, -0.2) is 17.9 Å². The molecule has 0 atom stereocenters. The fraction of sp³-hybridized carbons (Fsp3) is 0.583. The molecule has 2 heterocycles. The van der Waals surface area contributed by atoms with E-state index in [4.69, 9.17) is 9.84 Å². The van der Waals surface area contributed by atoms with Gasteiger partial charge in [-0.05, 0) is 24.3 Å². The molecule has 0 bridgehead atoms. The molecule has 1 aromatic heterocycles. The van der Waals surface area contributed by atoms with Crippen molar-refractivity contribution in [2.24, 2.45) is 5.41 Å². The monoisotopic (exact) mass is 302 g/mol. The summed E-state index contributed by atoms with van der Waals surface area (Å²) in [6, 6.07) is 1.11. The summed E-state index contributed by atoms with van der Waals surface area (Å²) in [4.78, 5) is 13.1. The SMILES string of the molecule is CC1(CNS(=O)(=O)c2c[nH]c(C(=O)O)c2)CCOCC1. The lowest BCUT2D eigenvalue weighted by atomic mass is 9.83. The van der Waals surface area contributed by atoms with E-state index in [-0.39, 0.29) is 16.0 Å². The van der Waals surface area contributed by atoms with Crippen LogP contribution < -0.4 is 4.72 Å². The van der Waals surface area contributed by atoms with Crippen LogP contribution in [0.3, 0.4) is 0 Å². The highest BCUT2D eigenvalue weighted by atomic mass is 32.2. The Kier molecular flexibility index (Phi) is 4.17. The number of aromatic nitrogens is 1. The zero-order valence-corrected chi connectivity index (χ0v) is 12.0. The molecule has 7 nitrogen and oxygen atoms in total. The van der Waals surface area contributed by atoms with Crippen LogP contribution in [-0.2, 0) is 14.8 Å². The lowest BCUT2D eigenvalue weighted by Gasteiger charge is -2.33. The van der Waals surface area contributed by atoms with Crippen molar-refractivity contribution in [3.05, 3.63) is 18.0 Å². The maximum Gasteiger partial charge on any atom is 0.352 e. The predicted octanol–water partition coefficient (Wildman–Crippen LogP) is 0.808. The second-order valence-electron chi connectivity index (χ2n) is 5.30. The van der Waals surface area contributed by atoms with Crippen LogP contribution in [0.1, 0.15) is 30.3 Å². The van der Waals surface area contributed by atoms with Crippen molar-refractivity contribution in [2.75, 3.05) is 19.8 Å². The van der Waals surface area contributed by atoms with Crippen LogP contribution in [-0.4, -0.2) is 44.2 Å². The van der Waals surface area contributed by atoms with E-state index >= 15 is 0 Å². The Labute approximate surface area is 117 Å². The molecule has 0 aliphatic carbocycles. The van der Waals surface area contributed by atoms with Crippen LogP contribution >= 0.6 is 0 Å². The molecule has 1 aromatic rings. The minimum absolute atomic E-state index is 0.0643. The summed E-state index contributed by atoms with van der Waals surface area (Å²) in [6.07, 6.45) is 2.77. The molecular weight excluding hydrogens is 284 g/mol. The standard InChI is InChI=1S/C12H18N2O5S/c1-12(2-4-19-5-3-12)8-14-20(17,18)9-6-10(11(15)16)13-7-9/h6-7,13-14H,2-5,8H2,1H3,(H,15,16). The molecule has 20 heavy (non-hydrogen) atoms. The van der Waals surface area contributed by atoms with Gasteiger partial charge >= 0.3 is 5.97 Å². The fourth-order valence-corrected chi connectivity index (χ4v) is 3.24. The third-order valence-electron chi connectivity index (χ3n) is 3.59. The van der Waals surface area contributed by atoms with Crippen LogP contribution in [0.15, 0.2) is 17.2 Å². The molecule has 112 valence electrons. The lowest BCUT2D eigenvalue weighted by molar-refractivity contribution is 0.0264. The second kappa shape index (κ2) is 5.55. The second-order valence-corrected chi connectivity index (χ2v) is 7.07. The Morgan fingerprint density at radius 1 is 1.50 bits per heavy atom. The van der Waals surface area contributed by atoms with E-state index in [2.05, 4.69) is 9.71 Å². The summed E-state index contributed by atoms with van der Waals surface area (Å²) in [5.74, 6) is -1.19. The molecule has 0 spiro atoms. The molecule has 1 aliphatic heterocycles. The van der Waals surface area contributed by atoms with Gasteiger partial charge in [0.1, 0.15) is 10.6 Å². The molecule has 0 amide bonds. The van der Waals surface area contributed by atoms with Crippen molar-refractivity contribution in [1.29, 1.82) is 0 Å². The van der Waals surface area contributed by atoms with Crippen molar-refractivity contribution in [3.8, 4) is 0 Å². The first kappa shape index (κ1) is 15.0. The zero-order valence-electron chi connectivity index (χ0n) is 11.2. The fourth-order valence-electron chi connectivity index (χ4n) is 2.05. The first-order chi connectivity index (χ1) is 9.32. The smallest absolute Gasteiger partial charge is 0.352 e. The molecule has 0 radical (unpaired) electrons. The Bertz CT molecular complexity index is 587. The predicted molar refractivity (Wildman–Crippen MR) is 71.1 cm³/mol. The van der Waals surface area contributed by atoms with Gasteiger partial charge in [0.05, 0.1) is 0 Å². The topological polar surface area (TPSA) is 108 Å². The number of carbonyl (C=O) groups is 1. The molecule has 3 N–H and O–H groups in total. The largest absolute Gasteiger partial charge is 0.477 e. The summed E-state index contributed by atoms with van der Waals surface area (Å²) < 4.78 is 32.0. The third kappa shape index (κ3) is 3.38. The maximum absolute atomic E-state index is 12.1. The summed E-state index contributed by atoms with van der Waals surface area (Å²) in [7, 11) is -3.70. The highest BCUT2D eigenvalue weighted by molar-refractivity contribution is 7.89. The van der Waals surface area contributed by atoms with Gasteiger partial charge < -0.3 is 14.8 Å². The molecule has 0 unspecified atom stereocenters. The van der Waals surface area contributed by atoms with Crippen molar-refractivity contribution < 1.29 is 23.1 Å². The number of aromatic carboxylic acids is 1. The summed E-state index contributed by atoms with van der Waals surface area (Å²) in [6.45, 7) is 3.58. The number of sulfonamides is 1. The Morgan fingerprint density at radius 2 is 2.15 bits per heavy atom. The molecule has 8 heteroatoms. The van der Waals surface area contributed by atoms with Crippen LogP contribution in [0, 0.1) is 5.41 Å². The van der Waals surface area contributed by atoms with E-state index in [1.807, 2.05) is 6.92 Å². The molecule has 0 saturated carbocycles. The van der Waals surface area contributed by atoms with Crippen LogP contribution in [0.2, 0.25) is 0 Å². The number of aromatic amines is 1. The lowest BCUT2D eigenvalue weighted by Crippen LogP contribution is -2.39. The number of ether oxygens (including phenoxy) is 1. The van der Waals surface area contributed by atoms with Crippen LogP contribution in [0.5, 0.6) is 0 Å². The van der Waals surface area contributed by atoms with Crippen LogP contribution in [0.25, 0.3) is 0 Å². The van der Waals surface area contributed by atoms with Gasteiger partial charge in [0.2, 0.25) is 10.0 Å². The quantitative estimate of drug-likeness (QED) is 0.746. The highest BCUT2D eigenvalue weighted by Crippen LogP contribution is 2.29. The van der Waals surface area contributed by atoms with E-state index in [1.54, 1.807) is 0 Å². The summed E-state index contributed by atoms with van der Waals surface area (Å²) in [5.41, 5.74) is -0.278. The number of hydrogen-bond acceptors (Lipinski definition) is 4. The average molecular weight is 302 g/mol. The molecule has 1 saturated heterocycles. The maximum atomic E-state index is 12.1. The number of carboxylic acid groups (broad SMARTS) is 1. The Morgan fingerprint density at radius 3 is 2.70 bits per heavy atom. The van der Waals surface area contributed by atoms with E-state index in [1.165, 1.54) is 6.20 Å². The first-order valence-corrected chi connectivity index (χ1v) is 7.80. The van der Waals surface area contributed by atoms with E-state index in [9.17, 15) is 13.2 Å². The third-order valence-corrected chi connectivity index (χ3v) is 4.97. The van der Waals surface area contributed by atoms with Gasteiger partial charge in [-0.2, -0.15) is 0 Å². The highest BCUT2D eigenvalue weighted by Gasteiger charge is 2.29. The molecule has 1 aliphatic rings. The van der Waals surface area contributed by atoms with Crippen molar-refractivity contribution in [1.82, 2.24) is 9.71 Å². The number of hydrogen-bond donors (Lipinski definition) is 3. The van der Waals surface area contributed by atoms with Crippen molar-refractivity contribution in [2.45, 2.75) is 24.7 Å². The zero-order chi connectivity index (χ0) is 14.8. The van der Waals surface area contributed by atoms with Crippen molar-refractivity contribution in [3.63, 3.8) is 0 Å². The molecule has 0 aromatic carbocycles. The van der Waals surface area contributed by atoms with Gasteiger partial charge in [0.15, 0.2) is 0 Å². The number of carboxylic acids is 1. The van der Waals surface area contributed by atoms with Gasteiger partial charge in [-0.3, -0.25) is 0 Å². The van der Waals surface area contributed by atoms with Gasteiger partial charge in [0.25, 0.3) is 0 Å². The summed E-state index contributed by atoms with van der Waals surface area (Å²) >= 11 is 0. The Hall–Kier alpha value is -1.38. The molecule has 1 fully saturated rings. The van der Waals surface area contributed by atoms with Crippen molar-refractivity contribution >= 4 is 16.0 Å². The Balaban J connectivity index is 2.05. The molecule has 2 rings (SSSR count). The normalized spacial score (nSPS) is 18.9. The number of nitrogens with one attached hydrogen (secondary N) is 2. The number of H-pyrrole nitrogens is 1. The van der Waals surface area contributed by atoms with Gasteiger partial charge in [0, 0.05) is 26.0 Å². The van der Waals surface area contributed by atoms with E-state index in [0.29, 0.717) is 19.8 Å². The average Bonchev–Trinajstić information content (AvgIpc) is 2.88. The summed E-state index contributed by atoms with van der Waals surface area (Å²) in [5, 5.41) is 8.78. The van der Waals surface area contributed by atoms with Gasteiger partial charge in [-0.15, -0.1) is 0 Å². The number of rotatable bonds is 5. The van der Waals surface area contributed by atoms with Gasteiger partial charge in [-0.1, -0.05) is 6.92 Å². The first-order valence-electron chi connectivity index (χ1n) is 6.32. The minimum atomic E-state index is -3.70. The van der Waals surface area contributed by atoms with E-state index in [0.717, 1.165) is 18.9 Å². The van der Waals surface area contributed by atoms with Crippen LogP contribution in [0.4, 0.5) is 0 Å². The van der Waals surface area contributed by atoms with E-state index < -0.39 is 16.0 Å². The molecular formula is C12H18N2O5S. The minimum Gasteiger partial charge on any atom is -0.477 e.